The van der Waals surface area contributed by atoms with Crippen molar-refractivity contribution in [2.24, 2.45) is 0 Å². The molecule has 4 heterocycles. The molecule has 2 N–H and O–H groups in total. The first kappa shape index (κ1) is 23.4. The van der Waals surface area contributed by atoms with Gasteiger partial charge in [0.15, 0.2) is 5.65 Å². The predicted octanol–water partition coefficient (Wildman–Crippen LogP) is 2.90. The van der Waals surface area contributed by atoms with Crippen molar-refractivity contribution in [1.82, 2.24) is 23.9 Å². The summed E-state index contributed by atoms with van der Waals surface area (Å²) in [7, 11) is -3.62. The number of piperidine rings is 1. The number of nitrogens with zero attached hydrogens (tertiary/aromatic N) is 5. The van der Waals surface area contributed by atoms with Crippen LogP contribution in [0.25, 0.3) is 16.8 Å². The highest BCUT2D eigenvalue weighted by molar-refractivity contribution is 7.89. The van der Waals surface area contributed by atoms with E-state index in [2.05, 4.69) is 26.6 Å². The molecule has 1 saturated carbocycles. The molecule has 0 spiro atoms. The van der Waals surface area contributed by atoms with Crippen LogP contribution in [0, 0.1) is 11.3 Å². The largest absolute Gasteiger partial charge is 0.367 e. The number of hydrogen-bond acceptors (Lipinski definition) is 7. The van der Waals surface area contributed by atoms with Crippen molar-refractivity contribution < 1.29 is 8.42 Å². The van der Waals surface area contributed by atoms with E-state index >= 15 is 0 Å². The topological polar surface area (TPSA) is 136 Å². The van der Waals surface area contributed by atoms with Gasteiger partial charge in [0, 0.05) is 31.5 Å². The number of sulfonamides is 1. The Morgan fingerprint density at radius 2 is 1.76 bits per heavy atom. The molecule has 2 fully saturated rings. The highest BCUT2D eigenvalue weighted by atomic mass is 32.2. The maximum Gasteiger partial charge on any atom is 0.347 e. The Kier molecular flexibility index (Phi) is 5.58. The Labute approximate surface area is 213 Å². The van der Waals surface area contributed by atoms with E-state index in [1.807, 2.05) is 18.2 Å². The normalized spacial score (nSPS) is 17.9. The van der Waals surface area contributed by atoms with Gasteiger partial charge in [0.1, 0.15) is 5.82 Å². The summed E-state index contributed by atoms with van der Waals surface area (Å²) in [5.74, 6) is 0.741. The summed E-state index contributed by atoms with van der Waals surface area (Å²) in [4.78, 5) is 16.6. The monoisotopic (exact) mass is 515 g/mol. The van der Waals surface area contributed by atoms with Crippen molar-refractivity contribution in [3.05, 3.63) is 77.0 Å². The van der Waals surface area contributed by atoms with Crippen LogP contribution in [-0.2, 0) is 15.4 Å². The Hall–Kier alpha value is -4.01. The predicted molar refractivity (Wildman–Crippen MR) is 137 cm³/mol. The molecule has 0 radical (unpaired) electrons. The third-order valence-electron chi connectivity index (χ3n) is 7.32. The average molecular weight is 516 g/mol. The molecular formula is C26H25N7O3S. The smallest absolute Gasteiger partial charge is 0.347 e. The van der Waals surface area contributed by atoms with Gasteiger partial charge in [0.05, 0.1) is 16.4 Å². The number of nitriles is 1. The Balaban J connectivity index is 1.09. The zero-order valence-corrected chi connectivity index (χ0v) is 20.8. The molecule has 0 amide bonds. The molecule has 1 aliphatic heterocycles. The van der Waals surface area contributed by atoms with Gasteiger partial charge in [-0.25, -0.2) is 27.7 Å². The fraction of sp³-hybridized carbons (Fsp3) is 0.308. The molecule has 0 bridgehead atoms. The summed E-state index contributed by atoms with van der Waals surface area (Å²) >= 11 is 0. The molecule has 1 aliphatic carbocycles. The molecule has 188 valence electrons. The first-order valence-corrected chi connectivity index (χ1v) is 13.6. The lowest BCUT2D eigenvalue weighted by Gasteiger charge is -2.32. The van der Waals surface area contributed by atoms with Gasteiger partial charge in [-0.3, -0.25) is 0 Å². The third kappa shape index (κ3) is 4.28. The van der Waals surface area contributed by atoms with Crippen LogP contribution < -0.4 is 11.0 Å². The van der Waals surface area contributed by atoms with Gasteiger partial charge in [0.2, 0.25) is 10.0 Å². The zero-order chi connectivity index (χ0) is 25.6. The van der Waals surface area contributed by atoms with Crippen molar-refractivity contribution in [3.8, 4) is 17.2 Å². The van der Waals surface area contributed by atoms with Crippen molar-refractivity contribution in [1.29, 1.82) is 5.26 Å². The SMILES string of the molecule is N#CC1(c2ccc(NC3CCN(S(=O)(=O)c4ccc(-c5ccc6n[nH]c(=O)n6c5)cc4)CC3)nc2)CC1. The van der Waals surface area contributed by atoms with Crippen LogP contribution >= 0.6 is 0 Å². The summed E-state index contributed by atoms with van der Waals surface area (Å²) < 4.78 is 29.5. The molecule has 4 aromatic rings. The van der Waals surface area contributed by atoms with E-state index < -0.39 is 10.0 Å². The van der Waals surface area contributed by atoms with E-state index in [1.165, 1.54) is 8.71 Å². The average Bonchev–Trinajstić information content (AvgIpc) is 3.65. The summed E-state index contributed by atoms with van der Waals surface area (Å²) in [6.45, 7) is 0.828. The van der Waals surface area contributed by atoms with Gasteiger partial charge in [-0.05, 0) is 72.7 Å². The molecule has 10 nitrogen and oxygen atoms in total. The molecule has 1 aromatic carbocycles. The van der Waals surface area contributed by atoms with Crippen LogP contribution in [0.15, 0.2) is 70.6 Å². The number of H-pyrrole nitrogens is 1. The van der Waals surface area contributed by atoms with Crippen LogP contribution in [0.3, 0.4) is 0 Å². The fourth-order valence-corrected chi connectivity index (χ4v) is 6.32. The standard InChI is InChI=1S/C26H25N7O3S/c27-17-26(11-12-26)20-4-7-23(28-15-20)29-21-9-13-32(14-10-21)37(35,36)22-5-1-18(2-6-22)19-3-8-24-30-31-25(34)33(24)16-19/h1-8,15-16,21H,9-14H2,(H,28,29)(H,31,34). The second kappa shape index (κ2) is 8.83. The number of pyridine rings is 2. The van der Waals surface area contributed by atoms with Crippen molar-refractivity contribution in [3.63, 3.8) is 0 Å². The molecule has 3 aromatic heterocycles. The number of nitrogens with one attached hydrogen (secondary N) is 2. The maximum atomic E-state index is 13.3. The molecule has 0 atom stereocenters. The van der Waals surface area contributed by atoms with E-state index in [0.29, 0.717) is 31.6 Å². The zero-order valence-electron chi connectivity index (χ0n) is 20.0. The van der Waals surface area contributed by atoms with Crippen LogP contribution in [0.1, 0.15) is 31.2 Å². The van der Waals surface area contributed by atoms with Crippen molar-refractivity contribution >= 4 is 21.5 Å². The van der Waals surface area contributed by atoms with Gasteiger partial charge in [-0.1, -0.05) is 18.2 Å². The minimum Gasteiger partial charge on any atom is -0.367 e. The fourth-order valence-electron chi connectivity index (χ4n) is 4.85. The summed E-state index contributed by atoms with van der Waals surface area (Å²) in [6.07, 6.45) is 6.56. The van der Waals surface area contributed by atoms with E-state index in [1.54, 1.807) is 42.7 Å². The number of aromatic amines is 1. The van der Waals surface area contributed by atoms with Crippen LogP contribution in [0.5, 0.6) is 0 Å². The highest BCUT2D eigenvalue weighted by Crippen LogP contribution is 2.47. The number of hydrogen-bond donors (Lipinski definition) is 2. The van der Waals surface area contributed by atoms with Crippen LogP contribution in [0.2, 0.25) is 0 Å². The first-order chi connectivity index (χ1) is 17.9. The van der Waals surface area contributed by atoms with Crippen molar-refractivity contribution in [2.75, 3.05) is 18.4 Å². The van der Waals surface area contributed by atoms with Gasteiger partial charge in [0.25, 0.3) is 0 Å². The Morgan fingerprint density at radius 1 is 1.03 bits per heavy atom. The minimum atomic E-state index is -3.62. The van der Waals surface area contributed by atoms with Crippen LogP contribution in [0.4, 0.5) is 5.82 Å². The van der Waals surface area contributed by atoms with E-state index in [0.717, 1.165) is 35.3 Å². The van der Waals surface area contributed by atoms with E-state index in [-0.39, 0.29) is 22.0 Å². The lowest BCUT2D eigenvalue weighted by molar-refractivity contribution is 0.329. The van der Waals surface area contributed by atoms with Gasteiger partial charge in [-0.2, -0.15) is 14.7 Å². The Morgan fingerprint density at radius 3 is 2.41 bits per heavy atom. The lowest BCUT2D eigenvalue weighted by atomic mass is 10.00. The molecule has 37 heavy (non-hydrogen) atoms. The third-order valence-corrected chi connectivity index (χ3v) is 9.24. The molecule has 0 unspecified atom stereocenters. The molecule has 11 heteroatoms. The summed E-state index contributed by atoms with van der Waals surface area (Å²) in [6, 6.07) is 16.7. The van der Waals surface area contributed by atoms with E-state index in [9.17, 15) is 18.5 Å². The molecule has 6 rings (SSSR count). The lowest BCUT2D eigenvalue weighted by Crippen LogP contribution is -2.42. The number of anilines is 1. The maximum absolute atomic E-state index is 13.3. The van der Waals surface area contributed by atoms with Crippen LogP contribution in [-0.4, -0.2) is 51.4 Å². The minimum absolute atomic E-state index is 0.124. The van der Waals surface area contributed by atoms with Crippen molar-refractivity contribution in [2.45, 2.75) is 42.0 Å². The van der Waals surface area contributed by atoms with Gasteiger partial charge >= 0.3 is 5.69 Å². The second-order valence-electron chi connectivity index (χ2n) is 9.65. The molecular weight excluding hydrogens is 490 g/mol. The quantitative estimate of drug-likeness (QED) is 0.403. The number of benzene rings is 1. The molecule has 1 saturated heterocycles. The summed E-state index contributed by atoms with van der Waals surface area (Å²) in [5.41, 5.74) is 2.39. The first-order valence-electron chi connectivity index (χ1n) is 12.2. The highest BCUT2D eigenvalue weighted by Gasteiger charge is 2.45. The second-order valence-corrected chi connectivity index (χ2v) is 11.6. The Bertz CT molecular complexity index is 1660. The molecule has 2 aliphatic rings. The number of aromatic nitrogens is 4. The van der Waals surface area contributed by atoms with Gasteiger partial charge in [-0.15, -0.1) is 0 Å². The van der Waals surface area contributed by atoms with Gasteiger partial charge < -0.3 is 5.32 Å². The van der Waals surface area contributed by atoms with E-state index in [4.69, 9.17) is 0 Å². The number of fused-ring (bicyclic) bond motifs is 1. The number of rotatable bonds is 6. The summed E-state index contributed by atoms with van der Waals surface area (Å²) in [5, 5.41) is 19.1.